The molecular weight excluding hydrogens is 208 g/mol. The van der Waals surface area contributed by atoms with Gasteiger partial charge in [0.25, 0.3) is 0 Å². The summed E-state index contributed by atoms with van der Waals surface area (Å²) < 4.78 is 4.94. The predicted octanol–water partition coefficient (Wildman–Crippen LogP) is 1.76. The number of nitrogens with one attached hydrogen (secondary N) is 2. The lowest BCUT2D eigenvalue weighted by Crippen LogP contribution is -2.08. The topological polar surface area (TPSA) is 74.4 Å². The Balaban J connectivity index is 3.17. The van der Waals surface area contributed by atoms with E-state index in [-0.39, 0.29) is 5.97 Å². The first kappa shape index (κ1) is 12.3. The van der Waals surface area contributed by atoms with Crippen LogP contribution in [-0.4, -0.2) is 22.8 Å². The minimum atomic E-state index is -0.370. The molecule has 0 aromatic carbocycles. The number of H-pyrrole nitrogens is 1. The van der Waals surface area contributed by atoms with Gasteiger partial charge < -0.3 is 9.72 Å². The summed E-state index contributed by atoms with van der Waals surface area (Å²) in [4.78, 5) is 14.6. The first-order valence-electron chi connectivity index (χ1n) is 4.98. The number of hydrogen-bond acceptors (Lipinski definition) is 4. The molecule has 5 heteroatoms. The minimum absolute atomic E-state index is 0.316. The summed E-state index contributed by atoms with van der Waals surface area (Å²) in [6.07, 6.45) is 0. The molecule has 1 rings (SSSR count). The quantitative estimate of drug-likeness (QED) is 0.538. The van der Waals surface area contributed by atoms with Crippen molar-refractivity contribution < 1.29 is 14.7 Å². The van der Waals surface area contributed by atoms with Crippen LogP contribution in [0, 0.1) is 13.8 Å². The van der Waals surface area contributed by atoms with Gasteiger partial charge in [0.05, 0.1) is 23.6 Å². The number of ether oxygens (including phenoxy) is 1. The Hall–Kier alpha value is -1.75. The summed E-state index contributed by atoms with van der Waals surface area (Å²) in [7, 11) is 0. The Morgan fingerprint density at radius 2 is 2.19 bits per heavy atom. The van der Waals surface area contributed by atoms with E-state index in [9.17, 15) is 4.79 Å². The summed E-state index contributed by atoms with van der Waals surface area (Å²) in [5.41, 5.74) is 4.77. The second kappa shape index (κ2) is 4.85. The molecule has 0 saturated heterocycles. The fourth-order valence-corrected chi connectivity index (χ4v) is 1.62. The zero-order valence-corrected chi connectivity index (χ0v) is 9.68. The Bertz CT molecular complexity index is 421. The molecule has 0 bridgehead atoms. The lowest BCUT2D eigenvalue weighted by atomic mass is 10.1. The van der Waals surface area contributed by atoms with Crippen molar-refractivity contribution >= 4 is 11.7 Å². The minimum Gasteiger partial charge on any atom is -0.462 e. The van der Waals surface area contributed by atoms with Gasteiger partial charge >= 0.3 is 5.97 Å². The van der Waals surface area contributed by atoms with Crippen LogP contribution in [0.15, 0.2) is 6.58 Å². The van der Waals surface area contributed by atoms with Crippen molar-refractivity contribution in [3.8, 4) is 0 Å². The van der Waals surface area contributed by atoms with Crippen LogP contribution < -0.4 is 5.48 Å². The lowest BCUT2D eigenvalue weighted by Gasteiger charge is -2.03. The van der Waals surface area contributed by atoms with Crippen LogP contribution in [0.1, 0.15) is 34.2 Å². The highest BCUT2D eigenvalue weighted by Gasteiger charge is 2.20. The summed E-state index contributed by atoms with van der Waals surface area (Å²) in [5.74, 6) is -0.370. The number of aromatic amines is 1. The maximum absolute atomic E-state index is 11.7. The van der Waals surface area contributed by atoms with Crippen LogP contribution >= 0.6 is 0 Å². The molecule has 0 spiro atoms. The van der Waals surface area contributed by atoms with E-state index in [2.05, 4.69) is 11.6 Å². The summed E-state index contributed by atoms with van der Waals surface area (Å²) in [5, 5.41) is 8.77. The number of carbonyl (C=O) groups excluding carboxylic acids is 1. The maximum Gasteiger partial charge on any atom is 0.340 e. The van der Waals surface area contributed by atoms with Crippen molar-refractivity contribution in [3.63, 3.8) is 0 Å². The number of hydrogen-bond donors (Lipinski definition) is 3. The first-order valence-corrected chi connectivity index (χ1v) is 4.98. The van der Waals surface area contributed by atoms with E-state index in [4.69, 9.17) is 9.94 Å². The second-order valence-corrected chi connectivity index (χ2v) is 3.44. The molecule has 16 heavy (non-hydrogen) atoms. The molecule has 0 unspecified atom stereocenters. The summed E-state index contributed by atoms with van der Waals surface area (Å²) in [6.45, 7) is 9.25. The van der Waals surface area contributed by atoms with Gasteiger partial charge in [-0.3, -0.25) is 10.7 Å². The van der Waals surface area contributed by atoms with Crippen molar-refractivity contribution in [2.45, 2.75) is 20.8 Å². The van der Waals surface area contributed by atoms with Crippen molar-refractivity contribution in [2.75, 3.05) is 6.61 Å². The van der Waals surface area contributed by atoms with Crippen molar-refractivity contribution in [1.82, 2.24) is 10.5 Å². The molecule has 0 aliphatic rings. The van der Waals surface area contributed by atoms with Gasteiger partial charge in [-0.1, -0.05) is 6.58 Å². The Labute approximate surface area is 94.1 Å². The number of carbonyl (C=O) groups is 1. The highest BCUT2D eigenvalue weighted by atomic mass is 16.5. The Morgan fingerprint density at radius 1 is 1.56 bits per heavy atom. The second-order valence-electron chi connectivity index (χ2n) is 3.44. The molecule has 1 aromatic heterocycles. The lowest BCUT2D eigenvalue weighted by molar-refractivity contribution is 0.0525. The number of aromatic nitrogens is 1. The molecule has 0 atom stereocenters. The summed E-state index contributed by atoms with van der Waals surface area (Å²) in [6, 6.07) is 0. The van der Waals surface area contributed by atoms with Crippen LogP contribution in [0.25, 0.3) is 5.70 Å². The van der Waals surface area contributed by atoms with Crippen LogP contribution in [0.4, 0.5) is 0 Å². The van der Waals surface area contributed by atoms with Crippen LogP contribution in [-0.2, 0) is 4.74 Å². The molecule has 5 nitrogen and oxygen atoms in total. The predicted molar refractivity (Wildman–Crippen MR) is 60.2 cm³/mol. The number of rotatable bonds is 4. The van der Waals surface area contributed by atoms with Crippen molar-refractivity contribution in [3.05, 3.63) is 29.1 Å². The monoisotopic (exact) mass is 224 g/mol. The zero-order valence-electron chi connectivity index (χ0n) is 9.68. The van der Waals surface area contributed by atoms with Crippen molar-refractivity contribution in [1.29, 1.82) is 0 Å². The first-order chi connectivity index (χ1) is 7.52. The van der Waals surface area contributed by atoms with Gasteiger partial charge in [0, 0.05) is 5.69 Å². The smallest absolute Gasteiger partial charge is 0.340 e. The third kappa shape index (κ3) is 2.09. The molecule has 0 fully saturated rings. The van der Waals surface area contributed by atoms with Crippen LogP contribution in [0.3, 0.4) is 0 Å². The average Bonchev–Trinajstić information content (AvgIpc) is 2.53. The molecule has 3 N–H and O–H groups in total. The fourth-order valence-electron chi connectivity index (χ4n) is 1.62. The normalized spacial score (nSPS) is 10.0. The molecule has 0 aliphatic heterocycles. The molecule has 88 valence electrons. The SMILES string of the molecule is C=C(NO)c1[nH]c(C)c(C(=O)OCC)c1C. The zero-order chi connectivity index (χ0) is 12.3. The standard InChI is InChI=1S/C11H16N2O3/c1-5-16-11(14)9-6(2)10(8(4)13-15)12-7(9)3/h12-13,15H,4-5H2,1-3H3. The van der Waals surface area contributed by atoms with Gasteiger partial charge in [0.1, 0.15) is 0 Å². The van der Waals surface area contributed by atoms with E-state index in [0.717, 1.165) is 0 Å². The average molecular weight is 224 g/mol. The van der Waals surface area contributed by atoms with Gasteiger partial charge in [-0.25, -0.2) is 4.79 Å². The number of esters is 1. The molecule has 0 aliphatic carbocycles. The number of aryl methyl sites for hydroxylation is 1. The molecule has 1 heterocycles. The largest absolute Gasteiger partial charge is 0.462 e. The molecular formula is C11H16N2O3. The fraction of sp³-hybridized carbons (Fsp3) is 0.364. The summed E-state index contributed by atoms with van der Waals surface area (Å²) >= 11 is 0. The van der Waals surface area contributed by atoms with Gasteiger partial charge in [-0.05, 0) is 26.3 Å². The third-order valence-corrected chi connectivity index (χ3v) is 2.35. The van der Waals surface area contributed by atoms with E-state index >= 15 is 0 Å². The maximum atomic E-state index is 11.7. The van der Waals surface area contributed by atoms with E-state index in [1.165, 1.54) is 0 Å². The molecule has 0 amide bonds. The molecule has 0 saturated carbocycles. The Morgan fingerprint density at radius 3 is 2.69 bits per heavy atom. The van der Waals surface area contributed by atoms with E-state index in [0.29, 0.717) is 34.8 Å². The molecule has 1 aromatic rings. The van der Waals surface area contributed by atoms with Gasteiger partial charge in [-0.15, -0.1) is 0 Å². The van der Waals surface area contributed by atoms with Crippen LogP contribution in [0.2, 0.25) is 0 Å². The van der Waals surface area contributed by atoms with Crippen molar-refractivity contribution in [2.24, 2.45) is 0 Å². The highest BCUT2D eigenvalue weighted by Crippen LogP contribution is 2.22. The van der Waals surface area contributed by atoms with Gasteiger partial charge in [0.2, 0.25) is 0 Å². The van der Waals surface area contributed by atoms with E-state index in [1.807, 2.05) is 5.48 Å². The highest BCUT2D eigenvalue weighted by molar-refractivity contribution is 5.94. The van der Waals surface area contributed by atoms with E-state index < -0.39 is 0 Å². The van der Waals surface area contributed by atoms with Gasteiger partial charge in [0.15, 0.2) is 0 Å². The van der Waals surface area contributed by atoms with E-state index in [1.54, 1.807) is 20.8 Å². The van der Waals surface area contributed by atoms with Gasteiger partial charge in [-0.2, -0.15) is 0 Å². The number of hydroxylamine groups is 1. The van der Waals surface area contributed by atoms with Crippen LogP contribution in [0.5, 0.6) is 0 Å². The molecule has 0 radical (unpaired) electrons. The Kier molecular flexibility index (Phi) is 3.73. The third-order valence-electron chi connectivity index (χ3n) is 2.35.